The molecule has 0 spiro atoms. The smallest absolute Gasteiger partial charge is 0.166 e. The van der Waals surface area contributed by atoms with E-state index >= 15 is 0 Å². The number of halogens is 2. The zero-order valence-electron chi connectivity index (χ0n) is 13.5. The minimum atomic E-state index is -0.672. The van der Waals surface area contributed by atoms with Crippen LogP contribution in [0.1, 0.15) is 70.4 Å². The first kappa shape index (κ1) is 16.2. The molecule has 21 heavy (non-hydrogen) atoms. The topological polar surface area (TPSA) is 0 Å². The molecular formula is C19H26F2. The van der Waals surface area contributed by atoms with Crippen LogP contribution >= 0.6 is 0 Å². The van der Waals surface area contributed by atoms with Crippen molar-refractivity contribution in [1.82, 2.24) is 0 Å². The highest BCUT2D eigenvalue weighted by molar-refractivity contribution is 5.67. The van der Waals surface area contributed by atoms with E-state index in [-0.39, 0.29) is 5.92 Å². The van der Waals surface area contributed by atoms with Crippen molar-refractivity contribution in [3.05, 3.63) is 41.0 Å². The Bertz CT molecular complexity index is 529. The highest BCUT2D eigenvalue weighted by atomic mass is 19.2. The fourth-order valence-corrected chi connectivity index (χ4v) is 3.32. The lowest BCUT2D eigenvalue weighted by Gasteiger charge is -2.29. The van der Waals surface area contributed by atoms with E-state index in [1.807, 2.05) is 13.8 Å². The standard InChI is InChI=1S/C19H26F2/c1-5-6-14-11-15(8-7-13(14)4)17-10-9-16(12(2)3)18(20)19(17)21/h8-10,12-14H,5-7,11H2,1-4H3. The van der Waals surface area contributed by atoms with Crippen LogP contribution in [-0.4, -0.2) is 0 Å². The van der Waals surface area contributed by atoms with Gasteiger partial charge in [0.2, 0.25) is 0 Å². The summed E-state index contributed by atoms with van der Waals surface area (Å²) >= 11 is 0. The summed E-state index contributed by atoms with van der Waals surface area (Å²) in [5.41, 5.74) is 1.91. The van der Waals surface area contributed by atoms with Crippen LogP contribution < -0.4 is 0 Å². The maximum absolute atomic E-state index is 14.4. The van der Waals surface area contributed by atoms with Crippen LogP contribution in [0.25, 0.3) is 5.57 Å². The van der Waals surface area contributed by atoms with Crippen LogP contribution in [0, 0.1) is 23.5 Å². The van der Waals surface area contributed by atoms with Crippen molar-refractivity contribution >= 4 is 5.57 Å². The molecule has 1 aromatic rings. The first-order chi connectivity index (χ1) is 9.95. The molecule has 116 valence electrons. The Morgan fingerprint density at radius 1 is 1.19 bits per heavy atom. The molecule has 2 rings (SSSR count). The summed E-state index contributed by atoms with van der Waals surface area (Å²) in [6.45, 7) is 8.21. The average Bonchev–Trinajstić information content (AvgIpc) is 2.44. The second-order valence-corrected chi connectivity index (χ2v) is 6.68. The molecule has 0 aliphatic heterocycles. The highest BCUT2D eigenvalue weighted by Crippen LogP contribution is 2.38. The predicted octanol–water partition coefficient (Wildman–Crippen LogP) is 6.32. The lowest BCUT2D eigenvalue weighted by Crippen LogP contribution is -2.16. The molecule has 0 nitrogen and oxygen atoms in total. The Labute approximate surface area is 127 Å². The van der Waals surface area contributed by atoms with Gasteiger partial charge >= 0.3 is 0 Å². The fraction of sp³-hybridized carbons (Fsp3) is 0.579. The van der Waals surface area contributed by atoms with Gasteiger partial charge in [0.05, 0.1) is 0 Å². The average molecular weight is 292 g/mol. The third-order valence-corrected chi connectivity index (χ3v) is 4.76. The normalized spacial score (nSPS) is 22.5. The first-order valence-electron chi connectivity index (χ1n) is 8.13. The molecule has 0 heterocycles. The number of hydrogen-bond donors (Lipinski definition) is 0. The Morgan fingerprint density at radius 2 is 1.90 bits per heavy atom. The van der Waals surface area contributed by atoms with Crippen LogP contribution in [0.15, 0.2) is 18.2 Å². The van der Waals surface area contributed by atoms with Gasteiger partial charge in [-0.05, 0) is 41.7 Å². The second kappa shape index (κ2) is 6.72. The molecule has 0 N–H and O–H groups in total. The largest absolute Gasteiger partial charge is 0.203 e. The van der Waals surface area contributed by atoms with E-state index in [4.69, 9.17) is 0 Å². The van der Waals surface area contributed by atoms with Gasteiger partial charge in [-0.3, -0.25) is 0 Å². The molecular weight excluding hydrogens is 266 g/mol. The second-order valence-electron chi connectivity index (χ2n) is 6.68. The summed E-state index contributed by atoms with van der Waals surface area (Å²) in [5, 5.41) is 0. The SMILES string of the molecule is CCCC1CC(c2ccc(C(C)C)c(F)c2F)=CCC1C. The van der Waals surface area contributed by atoms with E-state index in [1.54, 1.807) is 12.1 Å². The lowest BCUT2D eigenvalue weighted by molar-refractivity contribution is 0.330. The molecule has 1 aromatic carbocycles. The van der Waals surface area contributed by atoms with Gasteiger partial charge in [0, 0.05) is 5.56 Å². The molecule has 0 saturated carbocycles. The quantitative estimate of drug-likeness (QED) is 0.609. The summed E-state index contributed by atoms with van der Waals surface area (Å²) in [6.07, 6.45) is 6.24. The van der Waals surface area contributed by atoms with E-state index in [1.165, 1.54) is 0 Å². The fourth-order valence-electron chi connectivity index (χ4n) is 3.32. The van der Waals surface area contributed by atoms with E-state index in [0.29, 0.717) is 23.0 Å². The van der Waals surface area contributed by atoms with Crippen molar-refractivity contribution in [1.29, 1.82) is 0 Å². The highest BCUT2D eigenvalue weighted by Gasteiger charge is 2.25. The summed E-state index contributed by atoms with van der Waals surface area (Å²) in [5.74, 6) is -0.119. The van der Waals surface area contributed by atoms with Crippen molar-refractivity contribution in [3.63, 3.8) is 0 Å². The van der Waals surface area contributed by atoms with Crippen molar-refractivity contribution in [2.75, 3.05) is 0 Å². The van der Waals surface area contributed by atoms with Crippen LogP contribution in [0.2, 0.25) is 0 Å². The molecule has 0 radical (unpaired) electrons. The first-order valence-corrected chi connectivity index (χ1v) is 8.13. The molecule has 1 aliphatic rings. The maximum Gasteiger partial charge on any atom is 0.166 e. The summed E-state index contributed by atoms with van der Waals surface area (Å²) in [6, 6.07) is 3.50. The van der Waals surface area contributed by atoms with Gasteiger partial charge in [0.1, 0.15) is 0 Å². The molecule has 0 amide bonds. The van der Waals surface area contributed by atoms with Gasteiger partial charge in [0.25, 0.3) is 0 Å². The van der Waals surface area contributed by atoms with Crippen LogP contribution in [-0.2, 0) is 0 Å². The van der Waals surface area contributed by atoms with E-state index in [9.17, 15) is 8.78 Å². The molecule has 0 saturated heterocycles. The molecule has 2 atom stereocenters. The Hall–Kier alpha value is -1.18. The molecule has 2 heteroatoms. The van der Waals surface area contributed by atoms with Gasteiger partial charge in [0.15, 0.2) is 11.6 Å². The van der Waals surface area contributed by atoms with Crippen molar-refractivity contribution in [2.24, 2.45) is 11.8 Å². The summed E-state index contributed by atoms with van der Waals surface area (Å²) < 4.78 is 28.6. The van der Waals surface area contributed by atoms with E-state index in [2.05, 4.69) is 19.9 Å². The summed E-state index contributed by atoms with van der Waals surface area (Å²) in [7, 11) is 0. The zero-order valence-corrected chi connectivity index (χ0v) is 13.5. The molecule has 0 aromatic heterocycles. The van der Waals surface area contributed by atoms with Crippen molar-refractivity contribution < 1.29 is 8.78 Å². The third kappa shape index (κ3) is 3.36. The van der Waals surface area contributed by atoms with Gasteiger partial charge in [-0.1, -0.05) is 58.7 Å². The van der Waals surface area contributed by atoms with Gasteiger partial charge in [-0.2, -0.15) is 0 Å². The number of allylic oxidation sites excluding steroid dienone is 2. The molecule has 0 fully saturated rings. The zero-order chi connectivity index (χ0) is 15.6. The number of hydrogen-bond acceptors (Lipinski definition) is 0. The Balaban J connectivity index is 2.32. The molecule has 0 bridgehead atoms. The van der Waals surface area contributed by atoms with Gasteiger partial charge < -0.3 is 0 Å². The van der Waals surface area contributed by atoms with Crippen LogP contribution in [0.5, 0.6) is 0 Å². The summed E-state index contributed by atoms with van der Waals surface area (Å²) in [4.78, 5) is 0. The molecule has 1 aliphatic carbocycles. The van der Waals surface area contributed by atoms with Gasteiger partial charge in [-0.25, -0.2) is 8.78 Å². The third-order valence-electron chi connectivity index (χ3n) is 4.76. The van der Waals surface area contributed by atoms with E-state index < -0.39 is 11.6 Å². The number of benzene rings is 1. The van der Waals surface area contributed by atoms with E-state index in [0.717, 1.165) is 31.3 Å². The van der Waals surface area contributed by atoms with Gasteiger partial charge in [-0.15, -0.1) is 0 Å². The van der Waals surface area contributed by atoms with Crippen molar-refractivity contribution in [3.8, 4) is 0 Å². The lowest BCUT2D eigenvalue weighted by atomic mass is 9.76. The Morgan fingerprint density at radius 3 is 2.52 bits per heavy atom. The van der Waals surface area contributed by atoms with Crippen LogP contribution in [0.3, 0.4) is 0 Å². The predicted molar refractivity (Wildman–Crippen MR) is 85.2 cm³/mol. The molecule has 2 unspecified atom stereocenters. The monoisotopic (exact) mass is 292 g/mol. The minimum absolute atomic E-state index is 0.00162. The number of rotatable bonds is 4. The van der Waals surface area contributed by atoms with Crippen molar-refractivity contribution in [2.45, 2.75) is 59.3 Å². The van der Waals surface area contributed by atoms with Crippen LogP contribution in [0.4, 0.5) is 8.78 Å². The Kier molecular flexibility index (Phi) is 5.18. The maximum atomic E-state index is 14.4. The minimum Gasteiger partial charge on any atom is -0.203 e.